The van der Waals surface area contributed by atoms with Crippen LogP contribution in [0, 0.1) is 12.3 Å². The Labute approximate surface area is 146 Å². The summed E-state index contributed by atoms with van der Waals surface area (Å²) in [5.74, 6) is 1.41. The van der Waals surface area contributed by atoms with Crippen molar-refractivity contribution in [2.75, 3.05) is 0 Å². The quantitative estimate of drug-likeness (QED) is 0.700. The Bertz CT molecular complexity index is 984. The summed E-state index contributed by atoms with van der Waals surface area (Å²) < 4.78 is 1.98. The lowest BCUT2D eigenvalue weighted by Gasteiger charge is -2.14. The highest BCUT2D eigenvalue weighted by Gasteiger charge is 2.64. The van der Waals surface area contributed by atoms with Crippen LogP contribution in [-0.2, 0) is 0 Å². The lowest BCUT2D eigenvalue weighted by atomic mass is 9.91. The van der Waals surface area contributed by atoms with Crippen LogP contribution in [0.4, 0.5) is 0 Å². The first-order valence-electron chi connectivity index (χ1n) is 9.26. The number of nitrogens with zero attached hydrogens (tertiary/aromatic N) is 4. The Morgan fingerprint density at radius 3 is 2.64 bits per heavy atom. The van der Waals surface area contributed by atoms with Gasteiger partial charge in [0.25, 0.3) is 0 Å². The summed E-state index contributed by atoms with van der Waals surface area (Å²) in [6.07, 6.45) is 7.36. The lowest BCUT2D eigenvalue weighted by molar-refractivity contribution is 0.456. The van der Waals surface area contributed by atoms with E-state index in [-0.39, 0.29) is 0 Å². The molecule has 2 bridgehead atoms. The van der Waals surface area contributed by atoms with E-state index >= 15 is 0 Å². The van der Waals surface area contributed by atoms with E-state index in [1.807, 2.05) is 29.1 Å². The number of aromatic nitrogens is 4. The SMILES string of the molecule is Cc1c(-c2cc3c(nn2)[C@H]2CC[C@@H]3C23CC3)cnn1-c1ccccc1. The van der Waals surface area contributed by atoms with Crippen molar-refractivity contribution in [3.05, 3.63) is 59.5 Å². The van der Waals surface area contributed by atoms with Crippen molar-refractivity contribution in [1.29, 1.82) is 0 Å². The van der Waals surface area contributed by atoms with Crippen molar-refractivity contribution in [1.82, 2.24) is 20.0 Å². The minimum atomic E-state index is 0.568. The maximum atomic E-state index is 4.69. The number of benzene rings is 1. The molecular formula is C21H20N4. The summed E-state index contributed by atoms with van der Waals surface area (Å²) in [5.41, 5.74) is 7.60. The number of rotatable bonds is 2. The number of para-hydroxylation sites is 1. The zero-order valence-corrected chi connectivity index (χ0v) is 14.3. The minimum Gasteiger partial charge on any atom is -0.237 e. The third-order valence-corrected chi connectivity index (χ3v) is 6.80. The van der Waals surface area contributed by atoms with Gasteiger partial charge in [0.2, 0.25) is 0 Å². The summed E-state index contributed by atoms with van der Waals surface area (Å²) in [6, 6.07) is 12.6. The van der Waals surface area contributed by atoms with Crippen LogP contribution in [0.1, 0.15) is 54.5 Å². The highest BCUT2D eigenvalue weighted by atomic mass is 15.3. The van der Waals surface area contributed by atoms with E-state index in [0.29, 0.717) is 11.3 Å². The smallest absolute Gasteiger partial charge is 0.0967 e. The average Bonchev–Trinajstić information content (AvgIpc) is 3.15. The van der Waals surface area contributed by atoms with Gasteiger partial charge < -0.3 is 0 Å². The van der Waals surface area contributed by atoms with Crippen LogP contribution in [0.25, 0.3) is 16.9 Å². The van der Waals surface area contributed by atoms with Gasteiger partial charge in [-0.2, -0.15) is 15.3 Å². The third-order valence-electron chi connectivity index (χ3n) is 6.80. The molecule has 0 aliphatic heterocycles. The first-order valence-corrected chi connectivity index (χ1v) is 9.26. The van der Waals surface area contributed by atoms with Gasteiger partial charge in [-0.25, -0.2) is 4.68 Å². The molecule has 2 fully saturated rings. The Morgan fingerprint density at radius 1 is 1.04 bits per heavy atom. The van der Waals surface area contributed by atoms with Crippen LogP contribution >= 0.6 is 0 Å². The second kappa shape index (κ2) is 4.57. The van der Waals surface area contributed by atoms with Gasteiger partial charge >= 0.3 is 0 Å². The zero-order chi connectivity index (χ0) is 16.6. The fourth-order valence-corrected chi connectivity index (χ4v) is 5.45. The highest BCUT2D eigenvalue weighted by molar-refractivity contribution is 5.64. The zero-order valence-electron chi connectivity index (χ0n) is 14.3. The first kappa shape index (κ1) is 13.8. The van der Waals surface area contributed by atoms with Crippen molar-refractivity contribution < 1.29 is 0 Å². The molecule has 2 aromatic heterocycles. The maximum Gasteiger partial charge on any atom is 0.0967 e. The summed E-state index contributed by atoms with van der Waals surface area (Å²) in [5, 5.41) is 13.9. The van der Waals surface area contributed by atoms with Gasteiger partial charge in [-0.1, -0.05) is 18.2 Å². The monoisotopic (exact) mass is 328 g/mol. The predicted octanol–water partition coefficient (Wildman–Crippen LogP) is 4.39. The van der Waals surface area contributed by atoms with Crippen molar-refractivity contribution >= 4 is 0 Å². The Hall–Kier alpha value is -2.49. The summed E-state index contributed by atoms with van der Waals surface area (Å²) in [6.45, 7) is 2.11. The molecule has 124 valence electrons. The molecule has 3 aliphatic rings. The molecule has 2 atom stereocenters. The van der Waals surface area contributed by atoms with Crippen LogP contribution < -0.4 is 0 Å². The number of fused-ring (bicyclic) bond motifs is 3. The first-order chi connectivity index (χ1) is 12.3. The van der Waals surface area contributed by atoms with E-state index < -0.39 is 0 Å². The molecule has 0 N–H and O–H groups in total. The molecule has 0 saturated heterocycles. The minimum absolute atomic E-state index is 0.568. The molecule has 0 unspecified atom stereocenters. The summed E-state index contributed by atoms with van der Waals surface area (Å²) >= 11 is 0. The lowest BCUT2D eigenvalue weighted by Crippen LogP contribution is -2.04. The molecule has 3 aliphatic carbocycles. The standard InChI is InChI=1S/C21H20N4/c1-13-16(12-22-25(13)14-5-3-2-4-6-14)19-11-15-17-7-8-18(20(15)24-23-19)21(17)9-10-21/h2-6,11-12,17-18H,7-10H2,1H3/t17-,18+/m0/s1. The van der Waals surface area contributed by atoms with Crippen LogP contribution in [0.5, 0.6) is 0 Å². The van der Waals surface area contributed by atoms with Gasteiger partial charge in [0.15, 0.2) is 0 Å². The largest absolute Gasteiger partial charge is 0.237 e. The fourth-order valence-electron chi connectivity index (χ4n) is 5.45. The molecule has 2 heterocycles. The van der Waals surface area contributed by atoms with E-state index in [1.165, 1.54) is 36.9 Å². The van der Waals surface area contributed by atoms with Crippen LogP contribution in [0.15, 0.2) is 42.6 Å². The Kier molecular flexibility index (Phi) is 2.51. The molecule has 0 radical (unpaired) electrons. The van der Waals surface area contributed by atoms with Gasteiger partial charge in [-0.15, -0.1) is 0 Å². The van der Waals surface area contributed by atoms with E-state index in [1.54, 1.807) is 0 Å². The highest BCUT2D eigenvalue weighted by Crippen LogP contribution is 2.75. The van der Waals surface area contributed by atoms with Crippen molar-refractivity contribution in [3.8, 4) is 16.9 Å². The molecule has 4 heteroatoms. The molecule has 2 saturated carbocycles. The molecule has 6 rings (SSSR count). The van der Waals surface area contributed by atoms with E-state index in [4.69, 9.17) is 0 Å². The molecule has 4 nitrogen and oxygen atoms in total. The summed E-state index contributed by atoms with van der Waals surface area (Å²) in [4.78, 5) is 0. The van der Waals surface area contributed by atoms with Crippen LogP contribution in [0.2, 0.25) is 0 Å². The molecule has 25 heavy (non-hydrogen) atoms. The maximum absolute atomic E-state index is 4.69. The molecule has 1 aromatic carbocycles. The third kappa shape index (κ3) is 1.69. The van der Waals surface area contributed by atoms with Gasteiger partial charge in [0, 0.05) is 11.5 Å². The molecule has 1 spiro atoms. The van der Waals surface area contributed by atoms with Crippen LogP contribution in [0.3, 0.4) is 0 Å². The van der Waals surface area contributed by atoms with Crippen molar-refractivity contribution in [3.63, 3.8) is 0 Å². The van der Waals surface area contributed by atoms with Crippen molar-refractivity contribution in [2.24, 2.45) is 5.41 Å². The van der Waals surface area contributed by atoms with Gasteiger partial charge in [-0.3, -0.25) is 0 Å². The second-order valence-corrected chi connectivity index (χ2v) is 7.88. The second-order valence-electron chi connectivity index (χ2n) is 7.88. The van der Waals surface area contributed by atoms with E-state index in [2.05, 4.69) is 40.4 Å². The van der Waals surface area contributed by atoms with E-state index in [0.717, 1.165) is 28.6 Å². The fraction of sp³-hybridized carbons (Fsp3) is 0.381. The number of hydrogen-bond acceptors (Lipinski definition) is 3. The Morgan fingerprint density at radius 2 is 1.84 bits per heavy atom. The van der Waals surface area contributed by atoms with Gasteiger partial charge in [0.1, 0.15) is 0 Å². The molecule has 3 aromatic rings. The van der Waals surface area contributed by atoms with E-state index in [9.17, 15) is 0 Å². The average molecular weight is 328 g/mol. The van der Waals surface area contributed by atoms with Crippen molar-refractivity contribution in [2.45, 2.75) is 44.4 Å². The number of hydrogen-bond donors (Lipinski definition) is 0. The topological polar surface area (TPSA) is 43.6 Å². The van der Waals surface area contributed by atoms with Gasteiger partial charge in [-0.05, 0) is 67.7 Å². The Balaban J connectivity index is 1.44. The molecular weight excluding hydrogens is 308 g/mol. The van der Waals surface area contributed by atoms with Gasteiger partial charge in [0.05, 0.1) is 29.0 Å². The summed E-state index contributed by atoms with van der Waals surface area (Å²) in [7, 11) is 0. The van der Waals surface area contributed by atoms with Crippen LogP contribution in [-0.4, -0.2) is 20.0 Å². The predicted molar refractivity (Wildman–Crippen MR) is 95.7 cm³/mol. The molecule has 0 amide bonds. The normalized spacial score (nSPS) is 24.7.